The van der Waals surface area contributed by atoms with Crippen LogP contribution in [0, 0.1) is 0 Å². The lowest BCUT2D eigenvalue weighted by atomic mass is 9.95. The average Bonchev–Trinajstić information content (AvgIpc) is 3.20. The third kappa shape index (κ3) is 5.27. The molecule has 1 aromatic rings. The van der Waals surface area contributed by atoms with Crippen molar-refractivity contribution in [2.45, 2.75) is 71.4 Å². The number of esters is 1. The maximum absolute atomic E-state index is 12.8. The Bertz CT molecular complexity index is 719. The Kier molecular flexibility index (Phi) is 5.91. The van der Waals surface area contributed by atoms with Gasteiger partial charge in [-0.1, -0.05) is 5.16 Å². The fourth-order valence-corrected chi connectivity index (χ4v) is 2.67. The summed E-state index contributed by atoms with van der Waals surface area (Å²) in [6, 6.07) is -0.679. The normalized spacial score (nSPS) is 17.7. The second-order valence-corrected chi connectivity index (χ2v) is 8.28. The van der Waals surface area contributed by atoms with Gasteiger partial charge in [0, 0.05) is 13.5 Å². The van der Waals surface area contributed by atoms with Gasteiger partial charge in [-0.15, -0.1) is 0 Å². The van der Waals surface area contributed by atoms with Crippen LogP contribution < -0.4 is 0 Å². The van der Waals surface area contributed by atoms with Crippen molar-refractivity contribution < 1.29 is 28.4 Å². The van der Waals surface area contributed by atoms with Gasteiger partial charge >= 0.3 is 12.1 Å². The van der Waals surface area contributed by atoms with Crippen molar-refractivity contribution in [3.05, 3.63) is 11.7 Å². The Balaban J connectivity index is 2.12. The molecule has 0 aromatic carbocycles. The lowest BCUT2D eigenvalue weighted by molar-refractivity contribution is -0.142. The number of ketones is 1. The zero-order valence-electron chi connectivity index (χ0n) is 16.7. The van der Waals surface area contributed by atoms with E-state index in [-0.39, 0.29) is 18.3 Å². The summed E-state index contributed by atoms with van der Waals surface area (Å²) in [7, 11) is 0. The highest BCUT2D eigenvalue weighted by Crippen LogP contribution is 2.25. The van der Waals surface area contributed by atoms with Gasteiger partial charge in [0.2, 0.25) is 17.5 Å². The SMILES string of the molecule is CC(=O)OCC(C)(C)c1nc(C(=O)[C@@H]2CCCN2C(=O)OC(C)(C)C)no1. The summed E-state index contributed by atoms with van der Waals surface area (Å²) in [6.07, 6.45) is 0.675. The van der Waals surface area contributed by atoms with E-state index in [1.54, 1.807) is 34.6 Å². The Hall–Kier alpha value is -2.45. The number of hydrogen-bond donors (Lipinski definition) is 0. The number of likely N-dealkylation sites (tertiary alicyclic amines) is 1. The number of aromatic nitrogens is 2. The predicted molar refractivity (Wildman–Crippen MR) is 94.2 cm³/mol. The zero-order valence-corrected chi connectivity index (χ0v) is 16.7. The smallest absolute Gasteiger partial charge is 0.410 e. The molecule has 1 saturated heterocycles. The van der Waals surface area contributed by atoms with E-state index in [1.165, 1.54) is 11.8 Å². The molecule has 0 aliphatic carbocycles. The number of nitrogens with zero attached hydrogens (tertiary/aromatic N) is 3. The molecule has 150 valence electrons. The molecule has 1 aliphatic rings. The molecule has 1 fully saturated rings. The first-order chi connectivity index (χ1) is 12.4. The molecular formula is C18H27N3O6. The molecule has 27 heavy (non-hydrogen) atoms. The van der Waals surface area contributed by atoms with E-state index in [2.05, 4.69) is 10.1 Å². The molecule has 1 atom stereocenters. The van der Waals surface area contributed by atoms with E-state index in [4.69, 9.17) is 14.0 Å². The van der Waals surface area contributed by atoms with E-state index >= 15 is 0 Å². The molecule has 9 nitrogen and oxygen atoms in total. The summed E-state index contributed by atoms with van der Waals surface area (Å²) < 4.78 is 15.6. The highest BCUT2D eigenvalue weighted by atomic mass is 16.6. The molecule has 0 spiro atoms. The Morgan fingerprint density at radius 3 is 2.48 bits per heavy atom. The number of ether oxygens (including phenoxy) is 2. The second-order valence-electron chi connectivity index (χ2n) is 8.28. The minimum atomic E-state index is -0.738. The first kappa shape index (κ1) is 20.9. The van der Waals surface area contributed by atoms with Crippen molar-refractivity contribution in [1.29, 1.82) is 0 Å². The van der Waals surface area contributed by atoms with Gasteiger partial charge in [0.1, 0.15) is 18.2 Å². The molecule has 9 heteroatoms. The van der Waals surface area contributed by atoms with Gasteiger partial charge in [0.15, 0.2) is 0 Å². The van der Waals surface area contributed by atoms with Crippen molar-refractivity contribution in [3.8, 4) is 0 Å². The Labute approximate surface area is 158 Å². The van der Waals surface area contributed by atoms with Gasteiger partial charge in [0.05, 0.1) is 5.41 Å². The molecule has 0 saturated carbocycles. The van der Waals surface area contributed by atoms with Crippen molar-refractivity contribution in [1.82, 2.24) is 15.0 Å². The summed E-state index contributed by atoms with van der Waals surface area (Å²) in [4.78, 5) is 41.8. The average molecular weight is 381 g/mol. The minimum absolute atomic E-state index is 0.0472. The van der Waals surface area contributed by atoms with E-state index in [1.807, 2.05) is 0 Å². The molecule has 2 heterocycles. The lowest BCUT2D eigenvalue weighted by Crippen LogP contribution is -2.43. The van der Waals surface area contributed by atoms with Crippen LogP contribution in [-0.2, 0) is 19.7 Å². The molecule has 1 amide bonds. The summed E-state index contributed by atoms with van der Waals surface area (Å²) in [6.45, 7) is 10.6. The predicted octanol–water partition coefficient (Wildman–Crippen LogP) is 2.49. The Morgan fingerprint density at radius 2 is 1.89 bits per heavy atom. The second kappa shape index (κ2) is 7.66. The van der Waals surface area contributed by atoms with Crippen LogP contribution in [0.25, 0.3) is 0 Å². The van der Waals surface area contributed by atoms with Gasteiger partial charge < -0.3 is 14.0 Å². The summed E-state index contributed by atoms with van der Waals surface area (Å²) >= 11 is 0. The van der Waals surface area contributed by atoms with Crippen LogP contribution >= 0.6 is 0 Å². The third-order valence-electron chi connectivity index (χ3n) is 4.05. The number of carbonyl (C=O) groups excluding carboxylic acids is 3. The van der Waals surface area contributed by atoms with Crippen LogP contribution in [0.15, 0.2) is 4.52 Å². The van der Waals surface area contributed by atoms with Gasteiger partial charge in [-0.2, -0.15) is 4.98 Å². The van der Waals surface area contributed by atoms with E-state index in [0.717, 1.165) is 0 Å². The fraction of sp³-hybridized carbons (Fsp3) is 0.722. The van der Waals surface area contributed by atoms with Crippen LogP contribution in [-0.4, -0.2) is 57.7 Å². The molecule has 1 aromatic heterocycles. The van der Waals surface area contributed by atoms with Crippen LogP contribution in [0.1, 0.15) is 70.9 Å². The van der Waals surface area contributed by atoms with Crippen LogP contribution in [0.5, 0.6) is 0 Å². The van der Waals surface area contributed by atoms with E-state index < -0.39 is 34.9 Å². The number of hydrogen-bond acceptors (Lipinski definition) is 8. The van der Waals surface area contributed by atoms with E-state index in [9.17, 15) is 14.4 Å². The summed E-state index contributed by atoms with van der Waals surface area (Å²) in [5.41, 5.74) is -1.38. The Morgan fingerprint density at radius 1 is 1.22 bits per heavy atom. The van der Waals surface area contributed by atoms with Crippen LogP contribution in [0.3, 0.4) is 0 Å². The molecule has 0 radical (unpaired) electrons. The minimum Gasteiger partial charge on any atom is -0.465 e. The fourth-order valence-electron chi connectivity index (χ4n) is 2.67. The molecule has 0 bridgehead atoms. The highest BCUT2D eigenvalue weighted by Gasteiger charge is 2.39. The van der Waals surface area contributed by atoms with Crippen molar-refractivity contribution in [2.24, 2.45) is 0 Å². The first-order valence-corrected chi connectivity index (χ1v) is 8.92. The third-order valence-corrected chi connectivity index (χ3v) is 4.05. The quantitative estimate of drug-likeness (QED) is 0.565. The number of amides is 1. The molecule has 0 N–H and O–H groups in total. The zero-order chi connectivity index (χ0) is 20.4. The van der Waals surface area contributed by atoms with Crippen LogP contribution in [0.4, 0.5) is 4.79 Å². The molecule has 0 unspecified atom stereocenters. The summed E-state index contributed by atoms with van der Waals surface area (Å²) in [5.74, 6) is -0.718. The molecule has 2 rings (SSSR count). The lowest BCUT2D eigenvalue weighted by Gasteiger charge is -2.27. The molecule has 1 aliphatic heterocycles. The van der Waals surface area contributed by atoms with Gasteiger partial charge in [-0.25, -0.2) is 4.79 Å². The van der Waals surface area contributed by atoms with Crippen LogP contribution in [0.2, 0.25) is 0 Å². The maximum atomic E-state index is 12.8. The van der Waals surface area contributed by atoms with Gasteiger partial charge in [0.25, 0.3) is 0 Å². The maximum Gasteiger partial charge on any atom is 0.410 e. The summed E-state index contributed by atoms with van der Waals surface area (Å²) in [5, 5.41) is 3.77. The van der Waals surface area contributed by atoms with Crippen molar-refractivity contribution >= 4 is 17.8 Å². The van der Waals surface area contributed by atoms with Gasteiger partial charge in [-0.3, -0.25) is 14.5 Å². The topological polar surface area (TPSA) is 112 Å². The highest BCUT2D eigenvalue weighted by molar-refractivity contribution is 5.98. The number of Topliss-reactive ketones (excluding diaryl/α,β-unsaturated/α-hetero) is 1. The standard InChI is InChI=1S/C18H27N3O6/c1-11(22)25-10-18(5,6)15-19-14(20-27-15)13(23)12-8-7-9-21(12)16(24)26-17(2,3)4/h12H,7-10H2,1-6H3/t12-/m0/s1. The van der Waals surface area contributed by atoms with Gasteiger partial charge in [-0.05, 0) is 47.5 Å². The van der Waals surface area contributed by atoms with E-state index in [0.29, 0.717) is 19.4 Å². The van der Waals surface area contributed by atoms with Crippen molar-refractivity contribution in [3.63, 3.8) is 0 Å². The monoisotopic (exact) mass is 381 g/mol. The largest absolute Gasteiger partial charge is 0.465 e. The molecular weight excluding hydrogens is 354 g/mol. The first-order valence-electron chi connectivity index (χ1n) is 8.92. The van der Waals surface area contributed by atoms with Crippen molar-refractivity contribution in [2.75, 3.05) is 13.2 Å². The number of rotatable bonds is 5. The number of carbonyl (C=O) groups is 3.